The van der Waals surface area contributed by atoms with Gasteiger partial charge in [0.1, 0.15) is 12.4 Å². The summed E-state index contributed by atoms with van der Waals surface area (Å²) in [5.41, 5.74) is 3.50. The van der Waals surface area contributed by atoms with Crippen molar-refractivity contribution in [3.8, 4) is 5.75 Å². The molecule has 2 nitrogen and oxygen atoms in total. The molecule has 0 bridgehead atoms. The molecule has 0 heterocycles. The summed E-state index contributed by atoms with van der Waals surface area (Å²) >= 11 is 7.30. The van der Waals surface area contributed by atoms with E-state index in [1.807, 2.05) is 6.21 Å². The molecule has 0 spiro atoms. The van der Waals surface area contributed by atoms with E-state index < -0.39 is 0 Å². The van der Waals surface area contributed by atoms with Crippen molar-refractivity contribution < 1.29 is 4.74 Å². The number of hydrogen-bond donors (Lipinski definition) is 0. The van der Waals surface area contributed by atoms with Gasteiger partial charge in [0.15, 0.2) is 0 Å². The van der Waals surface area contributed by atoms with E-state index in [-0.39, 0.29) is 0 Å². The number of benzene rings is 2. The molecule has 182 valence electrons. The minimum atomic E-state index is 0.546. The van der Waals surface area contributed by atoms with Crippen LogP contribution in [0.5, 0.6) is 5.75 Å². The summed E-state index contributed by atoms with van der Waals surface area (Å²) in [5, 5.41) is 0. The molecule has 0 saturated heterocycles. The fourth-order valence-electron chi connectivity index (χ4n) is 3.85. The monoisotopic (exact) mass is 577 g/mol. The van der Waals surface area contributed by atoms with Gasteiger partial charge in [-0.05, 0) is 68.5 Å². The highest BCUT2D eigenvalue weighted by atomic mass is 79.9. The van der Waals surface area contributed by atoms with E-state index in [4.69, 9.17) is 4.74 Å². The first kappa shape index (κ1) is 28.1. The maximum Gasteiger partial charge on any atom is 0.148 e. The molecule has 0 aromatic heterocycles. The van der Waals surface area contributed by atoms with Crippen LogP contribution >= 0.6 is 31.9 Å². The number of aliphatic imine (C=N–C) groups is 1. The highest BCUT2D eigenvalue weighted by molar-refractivity contribution is 9.11. The van der Waals surface area contributed by atoms with Crippen LogP contribution in [0.15, 0.2) is 50.3 Å². The van der Waals surface area contributed by atoms with Crippen LogP contribution in [0.3, 0.4) is 0 Å². The maximum atomic E-state index is 6.04. The average Bonchev–Trinajstić information content (AvgIpc) is 2.80. The molecule has 2 rings (SSSR count). The first-order chi connectivity index (χ1) is 16.1. The van der Waals surface area contributed by atoms with E-state index in [0.29, 0.717) is 6.61 Å². The molecular weight excluding hydrogens is 538 g/mol. The van der Waals surface area contributed by atoms with Crippen LogP contribution in [0, 0.1) is 6.92 Å². The zero-order valence-corrected chi connectivity index (χ0v) is 23.7. The minimum absolute atomic E-state index is 0.546. The zero-order valence-electron chi connectivity index (χ0n) is 20.6. The summed E-state index contributed by atoms with van der Waals surface area (Å²) in [5.74, 6) is 0.827. The number of nitrogens with zero attached hydrogens (tertiary/aromatic N) is 1. The standard InChI is InChI=1S/C29H41Br2NO/c1-3-4-5-6-7-8-9-10-11-12-13-14-19-32-22-26-20-27(30)29(28(31)21-26)33-23-25-17-15-24(2)16-18-25/h15-18,20-22H,3-14,19,23H2,1-2H3/b32-22+. The zero-order chi connectivity index (χ0) is 23.7. The summed E-state index contributed by atoms with van der Waals surface area (Å²) in [7, 11) is 0. The third-order valence-electron chi connectivity index (χ3n) is 5.91. The number of ether oxygens (including phenoxy) is 1. The minimum Gasteiger partial charge on any atom is -0.487 e. The number of unbranched alkanes of at least 4 members (excludes halogenated alkanes) is 11. The molecule has 0 unspecified atom stereocenters. The number of rotatable bonds is 17. The maximum absolute atomic E-state index is 6.04. The lowest BCUT2D eigenvalue weighted by Gasteiger charge is -2.11. The molecule has 0 atom stereocenters. The van der Waals surface area contributed by atoms with Gasteiger partial charge in [0.2, 0.25) is 0 Å². The quantitative estimate of drug-likeness (QED) is 0.135. The van der Waals surface area contributed by atoms with Gasteiger partial charge in [-0.2, -0.15) is 0 Å². The van der Waals surface area contributed by atoms with Gasteiger partial charge in [-0.25, -0.2) is 0 Å². The molecule has 4 heteroatoms. The first-order valence-electron chi connectivity index (χ1n) is 12.8. The second-order valence-corrected chi connectivity index (χ2v) is 10.7. The van der Waals surface area contributed by atoms with Crippen molar-refractivity contribution in [1.29, 1.82) is 0 Å². The summed E-state index contributed by atoms with van der Waals surface area (Å²) in [6.45, 7) is 5.82. The molecule has 0 amide bonds. The van der Waals surface area contributed by atoms with E-state index in [9.17, 15) is 0 Å². The van der Waals surface area contributed by atoms with Crippen molar-refractivity contribution in [2.24, 2.45) is 4.99 Å². The molecule has 2 aromatic rings. The highest BCUT2D eigenvalue weighted by Crippen LogP contribution is 2.35. The molecular formula is C29H41Br2NO. The van der Waals surface area contributed by atoms with Crippen molar-refractivity contribution in [1.82, 2.24) is 0 Å². The Balaban J connectivity index is 1.59. The second-order valence-electron chi connectivity index (χ2n) is 9.01. The largest absolute Gasteiger partial charge is 0.487 e. The molecule has 0 N–H and O–H groups in total. The van der Waals surface area contributed by atoms with Gasteiger partial charge in [0.25, 0.3) is 0 Å². The second kappa shape index (κ2) is 17.3. The van der Waals surface area contributed by atoms with E-state index in [0.717, 1.165) is 32.4 Å². The van der Waals surface area contributed by atoms with Crippen LogP contribution in [-0.4, -0.2) is 12.8 Å². The Morgan fingerprint density at radius 1 is 0.758 bits per heavy atom. The summed E-state index contributed by atoms with van der Waals surface area (Å²) < 4.78 is 7.92. The predicted octanol–water partition coefficient (Wildman–Crippen LogP) is 10.2. The molecule has 0 saturated carbocycles. The van der Waals surface area contributed by atoms with Gasteiger partial charge < -0.3 is 4.74 Å². The van der Waals surface area contributed by atoms with Gasteiger partial charge in [-0.15, -0.1) is 0 Å². The van der Waals surface area contributed by atoms with E-state index in [2.05, 4.69) is 87.1 Å². The topological polar surface area (TPSA) is 21.6 Å². The van der Waals surface area contributed by atoms with Gasteiger partial charge >= 0.3 is 0 Å². The molecule has 0 aliphatic heterocycles. The van der Waals surface area contributed by atoms with E-state index >= 15 is 0 Å². The summed E-state index contributed by atoms with van der Waals surface area (Å²) in [6, 6.07) is 12.6. The lowest BCUT2D eigenvalue weighted by atomic mass is 10.1. The molecule has 2 aromatic carbocycles. The normalized spacial score (nSPS) is 11.4. The van der Waals surface area contributed by atoms with Crippen molar-refractivity contribution in [2.75, 3.05) is 6.54 Å². The van der Waals surface area contributed by atoms with Gasteiger partial charge in [0.05, 0.1) is 8.95 Å². The van der Waals surface area contributed by atoms with Crippen LogP contribution < -0.4 is 4.74 Å². The Morgan fingerprint density at radius 2 is 1.27 bits per heavy atom. The number of hydrogen-bond acceptors (Lipinski definition) is 2. The van der Waals surface area contributed by atoms with Gasteiger partial charge in [-0.1, -0.05) is 107 Å². The van der Waals surface area contributed by atoms with Crippen molar-refractivity contribution >= 4 is 38.1 Å². The highest BCUT2D eigenvalue weighted by Gasteiger charge is 2.09. The molecule has 33 heavy (non-hydrogen) atoms. The Labute approximate surface area is 218 Å². The summed E-state index contributed by atoms with van der Waals surface area (Å²) in [4.78, 5) is 4.63. The lowest BCUT2D eigenvalue weighted by molar-refractivity contribution is 0.302. The smallest absolute Gasteiger partial charge is 0.148 e. The van der Waals surface area contributed by atoms with Crippen molar-refractivity contribution in [2.45, 2.75) is 97.5 Å². The Hall–Kier alpha value is -1.13. The molecule has 0 aliphatic rings. The van der Waals surface area contributed by atoms with Crippen LogP contribution in [0.1, 0.15) is 101 Å². The lowest BCUT2D eigenvalue weighted by Crippen LogP contribution is -1.98. The van der Waals surface area contributed by atoms with Gasteiger partial charge in [-0.3, -0.25) is 4.99 Å². The van der Waals surface area contributed by atoms with Crippen LogP contribution in [-0.2, 0) is 6.61 Å². The van der Waals surface area contributed by atoms with E-state index in [1.165, 1.54) is 82.6 Å². The molecule has 0 fully saturated rings. The Morgan fingerprint density at radius 3 is 1.82 bits per heavy atom. The number of halogens is 2. The number of aryl methyl sites for hydroxylation is 1. The predicted molar refractivity (Wildman–Crippen MR) is 151 cm³/mol. The average molecular weight is 579 g/mol. The molecule has 0 radical (unpaired) electrons. The Kier molecular flexibility index (Phi) is 14.8. The fourth-order valence-corrected chi connectivity index (χ4v) is 5.30. The van der Waals surface area contributed by atoms with E-state index in [1.54, 1.807) is 0 Å². The fraction of sp³-hybridized carbons (Fsp3) is 0.552. The first-order valence-corrected chi connectivity index (χ1v) is 14.4. The van der Waals surface area contributed by atoms with Crippen molar-refractivity contribution in [3.05, 3.63) is 62.0 Å². The van der Waals surface area contributed by atoms with Crippen LogP contribution in [0.4, 0.5) is 0 Å². The Bertz CT molecular complexity index is 794. The SMILES string of the molecule is CCCCCCCCCCCCCC/N=C/c1cc(Br)c(OCc2ccc(C)cc2)c(Br)c1. The molecule has 0 aliphatic carbocycles. The third-order valence-corrected chi connectivity index (χ3v) is 7.08. The third kappa shape index (κ3) is 12.2. The summed E-state index contributed by atoms with van der Waals surface area (Å²) in [6.07, 6.45) is 18.4. The van der Waals surface area contributed by atoms with Crippen LogP contribution in [0.2, 0.25) is 0 Å². The van der Waals surface area contributed by atoms with Gasteiger partial charge in [0, 0.05) is 12.8 Å². The van der Waals surface area contributed by atoms with Crippen LogP contribution in [0.25, 0.3) is 0 Å². The van der Waals surface area contributed by atoms with Crippen molar-refractivity contribution in [3.63, 3.8) is 0 Å².